The van der Waals surface area contributed by atoms with Crippen molar-refractivity contribution in [3.8, 4) is 17.2 Å². The van der Waals surface area contributed by atoms with E-state index < -0.39 is 35.6 Å². The van der Waals surface area contributed by atoms with E-state index in [1.807, 2.05) is 33.9 Å². The smallest absolute Gasteiger partial charge is 0.433 e. The van der Waals surface area contributed by atoms with Gasteiger partial charge in [0.25, 0.3) is 11.8 Å². The number of ketones is 1. The summed E-state index contributed by atoms with van der Waals surface area (Å²) in [5, 5.41) is 5.55. The van der Waals surface area contributed by atoms with Crippen LogP contribution >= 0.6 is 15.9 Å². The highest BCUT2D eigenvalue weighted by Gasteiger charge is 2.34. The number of rotatable bonds is 13. The van der Waals surface area contributed by atoms with Gasteiger partial charge in [-0.2, -0.15) is 26.3 Å². The molecule has 0 radical (unpaired) electrons. The van der Waals surface area contributed by atoms with E-state index in [1.54, 1.807) is 36.6 Å². The largest absolute Gasteiger partial charge is 0.489 e. The van der Waals surface area contributed by atoms with Crippen molar-refractivity contribution in [2.24, 2.45) is 5.92 Å². The summed E-state index contributed by atoms with van der Waals surface area (Å²) < 4.78 is 106. The van der Waals surface area contributed by atoms with Gasteiger partial charge in [-0.1, -0.05) is 28.1 Å². The number of alkyl halides is 7. The molecule has 6 aromatic heterocycles. The molecular formula is C52H62BrF6N11O8. The van der Waals surface area contributed by atoms with Crippen molar-refractivity contribution in [2.45, 2.75) is 104 Å². The average molecular weight is 1160 g/mol. The monoisotopic (exact) mass is 1160 g/mol. The number of pyridine rings is 5. The Balaban J connectivity index is 0.000000212. The Hall–Kier alpha value is -7.32. The highest BCUT2D eigenvalue weighted by molar-refractivity contribution is 9.09. The van der Waals surface area contributed by atoms with Gasteiger partial charge in [0.1, 0.15) is 74.5 Å². The number of halogens is 7. The first-order valence-electron chi connectivity index (χ1n) is 24.6. The Morgan fingerprint density at radius 1 is 0.654 bits per heavy atom. The lowest BCUT2D eigenvalue weighted by Crippen LogP contribution is -2.23. The van der Waals surface area contributed by atoms with Gasteiger partial charge < -0.3 is 55.9 Å². The molecule has 2 saturated heterocycles. The minimum atomic E-state index is -4.64. The second-order valence-electron chi connectivity index (χ2n) is 18.3. The molecule has 2 aliphatic heterocycles. The van der Waals surface area contributed by atoms with Crippen molar-refractivity contribution >= 4 is 67.9 Å². The van der Waals surface area contributed by atoms with Crippen LogP contribution in [0.15, 0.2) is 79.4 Å². The predicted molar refractivity (Wildman–Crippen MR) is 284 cm³/mol. The van der Waals surface area contributed by atoms with Crippen LogP contribution in [0, 0.1) is 5.92 Å². The summed E-state index contributed by atoms with van der Waals surface area (Å²) in [6.07, 6.45) is 0.294. The first-order valence-corrected chi connectivity index (χ1v) is 25.7. The number of carbonyl (C=O) groups excluding carboxylic acids is 3. The molecule has 2 fully saturated rings. The number of nitrogens with one attached hydrogen (secondary N) is 2. The van der Waals surface area contributed by atoms with Crippen LogP contribution in [0.3, 0.4) is 0 Å². The van der Waals surface area contributed by atoms with Crippen molar-refractivity contribution in [3.05, 3.63) is 108 Å². The van der Waals surface area contributed by atoms with Crippen LogP contribution in [0.5, 0.6) is 17.2 Å². The Labute approximate surface area is 454 Å². The molecule has 8 heterocycles. The lowest BCUT2D eigenvalue weighted by atomic mass is 9.97. The Morgan fingerprint density at radius 3 is 1.62 bits per heavy atom. The molecule has 2 amide bonds. The Bertz CT molecular complexity index is 2950. The summed E-state index contributed by atoms with van der Waals surface area (Å²) in [6.45, 7) is 14.0. The van der Waals surface area contributed by atoms with Gasteiger partial charge in [-0.15, -0.1) is 0 Å². The Kier molecular flexibility index (Phi) is 22.4. The van der Waals surface area contributed by atoms with Crippen molar-refractivity contribution in [2.75, 3.05) is 59.6 Å². The number of nitrogens with zero attached hydrogens (tertiary/aromatic N) is 6. The third-order valence-electron chi connectivity index (χ3n) is 11.0. The third-order valence-corrected chi connectivity index (χ3v) is 11.5. The number of hydrogen-bond acceptors (Lipinski definition) is 16. The van der Waals surface area contributed by atoms with E-state index in [4.69, 9.17) is 45.9 Å². The minimum Gasteiger partial charge on any atom is -0.489 e. The summed E-state index contributed by atoms with van der Waals surface area (Å²) in [4.78, 5) is 55.0. The van der Waals surface area contributed by atoms with E-state index in [9.17, 15) is 40.7 Å². The molecule has 422 valence electrons. The van der Waals surface area contributed by atoms with Crippen molar-refractivity contribution in [1.82, 2.24) is 29.3 Å². The van der Waals surface area contributed by atoms with Gasteiger partial charge in [0.15, 0.2) is 0 Å². The maximum absolute atomic E-state index is 13.0. The van der Waals surface area contributed by atoms with Crippen LogP contribution in [0.25, 0.3) is 5.65 Å². The molecule has 8 N–H and O–H groups in total. The SMILES string of the molecule is CC(C)Oc1cc(N)ncc1N.CC(C)Oc1cc(N)ncc1NC(=O)c1cccc(C(F)(F)F)n1.CC(C)Oc1cc2nc(C3CCOCC3)cn2cc1NC(=O)c1cccc(C(F)(F)F)n1.O=C(CBr)C1CCOCC1. The zero-order valence-electron chi connectivity index (χ0n) is 43.6. The molecule has 2 aliphatic rings. The number of anilines is 5. The topological polar surface area (TPSA) is 268 Å². The fourth-order valence-electron chi connectivity index (χ4n) is 7.33. The molecule has 0 saturated carbocycles. The van der Waals surface area contributed by atoms with E-state index in [2.05, 4.69) is 46.5 Å². The van der Waals surface area contributed by atoms with E-state index in [1.165, 1.54) is 30.6 Å². The van der Waals surface area contributed by atoms with Gasteiger partial charge >= 0.3 is 12.4 Å². The number of Topliss-reactive ketones (excluding diaryl/α,β-unsaturated/α-hetero) is 1. The van der Waals surface area contributed by atoms with Gasteiger partial charge in [-0.25, -0.2) is 24.9 Å². The van der Waals surface area contributed by atoms with Crippen molar-refractivity contribution in [1.29, 1.82) is 0 Å². The number of carbonyl (C=O) groups is 3. The van der Waals surface area contributed by atoms with Crippen molar-refractivity contribution < 1.29 is 64.4 Å². The molecule has 0 aromatic carbocycles. The molecule has 8 rings (SSSR count). The summed E-state index contributed by atoms with van der Waals surface area (Å²) >= 11 is 3.16. The van der Waals surface area contributed by atoms with Crippen LogP contribution in [-0.2, 0) is 26.6 Å². The summed E-state index contributed by atoms with van der Waals surface area (Å²) in [5.41, 5.74) is 16.2. The maximum Gasteiger partial charge on any atom is 0.433 e. The van der Waals surface area contributed by atoms with E-state index in [0.29, 0.717) is 58.7 Å². The molecular weight excluding hydrogens is 1100 g/mol. The van der Waals surface area contributed by atoms with Crippen LogP contribution in [0.2, 0.25) is 0 Å². The number of ether oxygens (including phenoxy) is 5. The average Bonchev–Trinajstić information content (AvgIpc) is 3.81. The van der Waals surface area contributed by atoms with Gasteiger partial charge in [0.05, 0.1) is 47.4 Å². The van der Waals surface area contributed by atoms with Gasteiger partial charge in [-0.3, -0.25) is 14.4 Å². The molecule has 0 spiro atoms. The number of nitrogens with two attached hydrogens (primary N) is 3. The minimum absolute atomic E-state index is 0.0918. The van der Waals surface area contributed by atoms with Crippen molar-refractivity contribution in [3.63, 3.8) is 0 Å². The molecule has 19 nitrogen and oxygen atoms in total. The highest BCUT2D eigenvalue weighted by atomic mass is 79.9. The quantitative estimate of drug-likeness (QED) is 0.0531. The molecule has 0 bridgehead atoms. The normalized spacial score (nSPS) is 14.1. The number of imidazole rings is 1. The second-order valence-corrected chi connectivity index (χ2v) is 18.9. The molecule has 78 heavy (non-hydrogen) atoms. The van der Waals surface area contributed by atoms with Crippen LogP contribution in [0.1, 0.15) is 111 Å². The first kappa shape index (κ1) is 61.5. The van der Waals surface area contributed by atoms with E-state index in [-0.39, 0.29) is 58.8 Å². The molecule has 0 atom stereocenters. The summed E-state index contributed by atoms with van der Waals surface area (Å²) in [7, 11) is 0. The van der Waals surface area contributed by atoms with Crippen LogP contribution in [-0.4, -0.2) is 97.0 Å². The van der Waals surface area contributed by atoms with Crippen LogP contribution in [0.4, 0.5) is 55.0 Å². The number of hydrogen-bond donors (Lipinski definition) is 5. The molecule has 6 aromatic rings. The molecule has 26 heteroatoms. The maximum atomic E-state index is 13.0. The zero-order valence-corrected chi connectivity index (χ0v) is 45.2. The second kappa shape index (κ2) is 28.3. The van der Waals surface area contributed by atoms with Gasteiger partial charge in [-0.05, 0) is 91.5 Å². The molecule has 0 aliphatic carbocycles. The lowest BCUT2D eigenvalue weighted by molar-refractivity contribution is -0.142. The van der Waals surface area contributed by atoms with Gasteiger partial charge in [0.2, 0.25) is 0 Å². The zero-order chi connectivity index (χ0) is 57.3. The summed E-state index contributed by atoms with van der Waals surface area (Å²) in [5.74, 6) is 1.10. The summed E-state index contributed by atoms with van der Waals surface area (Å²) in [6, 6.07) is 11.0. The standard InChI is InChI=1S/C22H23F3N4O3.C15H15F3N4O2.C8H13N3O.C7H11BrO2/c1-13(2)32-18-10-20-27-16(14-6-8-31-9-7-14)11-29(20)12-17(18)28-21(30)15-4-3-5-19(26-15)22(23,24)25;1-8(2)24-11-6-13(19)20-7-10(11)22-14(23)9-4-3-5-12(21-9)15(16,17)18;1-5(2)12-7-3-8(10)11-4-6(7)9;8-5-7(9)6-1-3-10-4-2-6/h3-5,10-14H,6-9H2,1-2H3,(H,28,30);3-8H,1-2H3,(H2,19,20)(H,22,23);3-5H,9H2,1-2H3,(H2,10,11);6H,1-5H2. The number of aromatic nitrogens is 6. The number of fused-ring (bicyclic) bond motifs is 1. The Morgan fingerprint density at radius 2 is 1.12 bits per heavy atom. The van der Waals surface area contributed by atoms with E-state index >= 15 is 0 Å². The third kappa shape index (κ3) is 19.0. The van der Waals surface area contributed by atoms with E-state index in [0.717, 1.165) is 68.9 Å². The fraction of sp³-hybridized carbons (Fsp3) is 0.423. The fourth-order valence-corrected chi connectivity index (χ4v) is 7.78. The predicted octanol–water partition coefficient (Wildman–Crippen LogP) is 10.2. The highest BCUT2D eigenvalue weighted by Crippen LogP contribution is 2.33. The van der Waals surface area contributed by atoms with Crippen LogP contribution < -0.4 is 42.0 Å². The van der Waals surface area contributed by atoms with Gasteiger partial charge in [0, 0.05) is 68.9 Å². The molecule has 0 unspecified atom stereocenters. The number of nitrogen functional groups attached to an aromatic ring is 3. The number of amides is 2. The lowest BCUT2D eigenvalue weighted by Gasteiger charge is -2.19. The first-order chi connectivity index (χ1) is 36.8.